The van der Waals surface area contributed by atoms with Gasteiger partial charge in [-0.3, -0.25) is 4.79 Å². The van der Waals surface area contributed by atoms with Gasteiger partial charge in [0.25, 0.3) is 5.91 Å². The molecule has 0 radical (unpaired) electrons. The molecule has 0 aliphatic heterocycles. The van der Waals surface area contributed by atoms with Gasteiger partial charge in [0.2, 0.25) is 0 Å². The van der Waals surface area contributed by atoms with Crippen molar-refractivity contribution in [2.24, 2.45) is 0 Å². The average molecular weight is 277 g/mol. The third-order valence-electron chi connectivity index (χ3n) is 3.51. The second kappa shape index (κ2) is 6.27. The minimum absolute atomic E-state index is 0.0962. The van der Waals surface area contributed by atoms with Crippen molar-refractivity contribution in [1.29, 1.82) is 0 Å². The van der Waals surface area contributed by atoms with Crippen molar-refractivity contribution in [2.75, 3.05) is 0 Å². The molecule has 1 aliphatic carbocycles. The van der Waals surface area contributed by atoms with E-state index in [4.69, 9.17) is 4.74 Å². The number of aliphatic hydroxyl groups is 1. The molecule has 0 spiro atoms. The fourth-order valence-electron chi connectivity index (χ4n) is 2.49. The molecule has 20 heavy (non-hydrogen) atoms. The van der Waals surface area contributed by atoms with E-state index < -0.39 is 12.2 Å². The number of carbonyl (C=O) groups is 1. The zero-order chi connectivity index (χ0) is 14.7. The van der Waals surface area contributed by atoms with E-state index in [2.05, 4.69) is 5.32 Å². The lowest BCUT2D eigenvalue weighted by Crippen LogP contribution is -2.40. The first-order valence-corrected chi connectivity index (χ1v) is 7.25. The summed E-state index contributed by atoms with van der Waals surface area (Å²) in [6.07, 6.45) is 1.84. The molecule has 1 amide bonds. The number of fused-ring (bicyclic) bond motifs is 1. The lowest BCUT2D eigenvalue weighted by Gasteiger charge is -2.23. The molecule has 1 aliphatic rings. The summed E-state index contributed by atoms with van der Waals surface area (Å²) in [6, 6.07) is 5.81. The minimum atomic E-state index is -0.545. The highest BCUT2D eigenvalue weighted by Crippen LogP contribution is 2.32. The third kappa shape index (κ3) is 3.51. The Morgan fingerprint density at radius 1 is 1.40 bits per heavy atom. The van der Waals surface area contributed by atoms with Crippen molar-refractivity contribution >= 4 is 5.91 Å². The second-order valence-corrected chi connectivity index (χ2v) is 5.69. The summed E-state index contributed by atoms with van der Waals surface area (Å²) in [5, 5.41) is 12.8. The molecule has 4 heteroatoms. The molecule has 0 saturated carbocycles. The lowest BCUT2D eigenvalue weighted by atomic mass is 9.89. The van der Waals surface area contributed by atoms with Crippen molar-refractivity contribution in [1.82, 2.24) is 5.32 Å². The van der Waals surface area contributed by atoms with E-state index in [0.29, 0.717) is 5.75 Å². The quantitative estimate of drug-likeness (QED) is 0.888. The largest absolute Gasteiger partial charge is 0.481 e. The normalized spacial score (nSPS) is 19.4. The highest BCUT2D eigenvalue weighted by atomic mass is 16.5. The van der Waals surface area contributed by atoms with Crippen molar-refractivity contribution in [3.63, 3.8) is 0 Å². The molecule has 4 nitrogen and oxygen atoms in total. The van der Waals surface area contributed by atoms with Gasteiger partial charge in [0.1, 0.15) is 5.75 Å². The molecule has 2 rings (SSSR count). The number of aliphatic hydroxyl groups excluding tert-OH is 1. The van der Waals surface area contributed by atoms with Gasteiger partial charge in [-0.05, 0) is 63.3 Å². The Morgan fingerprint density at radius 3 is 2.85 bits per heavy atom. The van der Waals surface area contributed by atoms with Gasteiger partial charge in [-0.1, -0.05) is 6.07 Å². The van der Waals surface area contributed by atoms with Crippen LogP contribution in [0, 0.1) is 0 Å². The Kier molecular flexibility index (Phi) is 4.65. The van der Waals surface area contributed by atoms with E-state index in [1.54, 1.807) is 6.92 Å². The van der Waals surface area contributed by atoms with Gasteiger partial charge in [-0.2, -0.15) is 0 Å². The first-order valence-electron chi connectivity index (χ1n) is 7.25. The van der Waals surface area contributed by atoms with Crippen molar-refractivity contribution in [3.8, 4) is 5.75 Å². The Balaban J connectivity index is 2.06. The van der Waals surface area contributed by atoms with Gasteiger partial charge in [-0.25, -0.2) is 0 Å². The maximum atomic E-state index is 11.8. The van der Waals surface area contributed by atoms with E-state index in [1.165, 1.54) is 5.56 Å². The first kappa shape index (κ1) is 14.9. The Morgan fingerprint density at radius 2 is 2.15 bits per heavy atom. The van der Waals surface area contributed by atoms with Gasteiger partial charge < -0.3 is 15.2 Å². The van der Waals surface area contributed by atoms with E-state index in [9.17, 15) is 9.90 Å². The van der Waals surface area contributed by atoms with E-state index in [0.717, 1.165) is 24.8 Å². The highest BCUT2D eigenvalue weighted by Gasteiger charge is 2.20. The smallest absolute Gasteiger partial charge is 0.260 e. The summed E-state index contributed by atoms with van der Waals surface area (Å²) in [4.78, 5) is 11.8. The number of nitrogens with one attached hydrogen (secondary N) is 1. The molecule has 2 atom stereocenters. The lowest BCUT2D eigenvalue weighted by molar-refractivity contribution is -0.127. The van der Waals surface area contributed by atoms with Crippen LogP contribution in [0.1, 0.15) is 50.8 Å². The standard InChI is InChI=1S/C16H23NO3/c1-10(2)17-16(19)11(3)20-13-8-7-12-5-4-6-15(18)14(12)9-13/h7-11,15,18H,4-6H2,1-3H3,(H,17,19)/t11?,15-/m1/s1. The summed E-state index contributed by atoms with van der Waals surface area (Å²) in [6.45, 7) is 5.56. The average Bonchev–Trinajstić information content (AvgIpc) is 2.39. The number of rotatable bonds is 4. The number of benzene rings is 1. The molecule has 110 valence electrons. The summed E-state index contributed by atoms with van der Waals surface area (Å²) in [5.41, 5.74) is 2.11. The number of aryl methyl sites for hydroxylation is 1. The summed E-state index contributed by atoms with van der Waals surface area (Å²) in [5.74, 6) is 0.509. The van der Waals surface area contributed by atoms with Gasteiger partial charge in [0.15, 0.2) is 6.10 Å². The van der Waals surface area contributed by atoms with Crippen LogP contribution in [-0.2, 0) is 11.2 Å². The molecule has 0 aromatic heterocycles. The zero-order valence-electron chi connectivity index (χ0n) is 12.3. The first-order chi connectivity index (χ1) is 9.47. The fourth-order valence-corrected chi connectivity index (χ4v) is 2.49. The van der Waals surface area contributed by atoms with E-state index >= 15 is 0 Å². The SMILES string of the molecule is CC(C)NC(=O)C(C)Oc1ccc2c(c1)[C@H](O)CCC2. The van der Waals surface area contributed by atoms with Crippen molar-refractivity contribution < 1.29 is 14.6 Å². The maximum Gasteiger partial charge on any atom is 0.260 e. The number of amides is 1. The number of ether oxygens (including phenoxy) is 1. The van der Waals surface area contributed by atoms with Crippen LogP contribution in [0.4, 0.5) is 0 Å². The van der Waals surface area contributed by atoms with Crippen LogP contribution < -0.4 is 10.1 Å². The molecule has 0 saturated heterocycles. The molecule has 1 aromatic carbocycles. The van der Waals surface area contributed by atoms with Crippen LogP contribution >= 0.6 is 0 Å². The predicted octanol–water partition coefficient (Wildman–Crippen LogP) is 2.35. The Labute approximate surface area is 120 Å². The third-order valence-corrected chi connectivity index (χ3v) is 3.51. The number of hydrogen-bond acceptors (Lipinski definition) is 3. The van der Waals surface area contributed by atoms with Gasteiger partial charge in [0, 0.05) is 6.04 Å². The summed E-state index contributed by atoms with van der Waals surface area (Å²) in [7, 11) is 0. The van der Waals surface area contributed by atoms with Crippen molar-refractivity contribution in [3.05, 3.63) is 29.3 Å². The molecule has 2 N–H and O–H groups in total. The van der Waals surface area contributed by atoms with Crippen molar-refractivity contribution in [2.45, 2.75) is 58.3 Å². The molecule has 0 heterocycles. The fraction of sp³-hybridized carbons (Fsp3) is 0.562. The molecular weight excluding hydrogens is 254 g/mol. The van der Waals surface area contributed by atoms with E-state index in [1.807, 2.05) is 32.0 Å². The maximum absolute atomic E-state index is 11.8. The van der Waals surface area contributed by atoms with E-state index in [-0.39, 0.29) is 11.9 Å². The monoisotopic (exact) mass is 277 g/mol. The van der Waals surface area contributed by atoms with Gasteiger partial charge in [-0.15, -0.1) is 0 Å². The molecule has 1 aromatic rings. The van der Waals surface area contributed by atoms with Crippen LogP contribution in [0.2, 0.25) is 0 Å². The minimum Gasteiger partial charge on any atom is -0.481 e. The molecular formula is C16H23NO3. The molecule has 0 bridgehead atoms. The Bertz CT molecular complexity index is 485. The number of carbonyl (C=O) groups excluding carboxylic acids is 1. The second-order valence-electron chi connectivity index (χ2n) is 5.69. The highest BCUT2D eigenvalue weighted by molar-refractivity contribution is 5.80. The predicted molar refractivity (Wildman–Crippen MR) is 77.7 cm³/mol. The van der Waals surface area contributed by atoms with Crippen LogP contribution in [0.25, 0.3) is 0 Å². The van der Waals surface area contributed by atoms with Crippen LogP contribution in [0.3, 0.4) is 0 Å². The van der Waals surface area contributed by atoms with Gasteiger partial charge in [0.05, 0.1) is 6.10 Å². The van der Waals surface area contributed by atoms with Crippen LogP contribution in [0.5, 0.6) is 5.75 Å². The topological polar surface area (TPSA) is 58.6 Å². The van der Waals surface area contributed by atoms with Crippen LogP contribution in [0.15, 0.2) is 18.2 Å². The summed E-state index contributed by atoms with van der Waals surface area (Å²) >= 11 is 0. The molecule has 1 unspecified atom stereocenters. The molecule has 0 fully saturated rings. The zero-order valence-corrected chi connectivity index (χ0v) is 12.3. The number of hydrogen-bond donors (Lipinski definition) is 2. The Hall–Kier alpha value is -1.55. The van der Waals surface area contributed by atoms with Crippen LogP contribution in [-0.4, -0.2) is 23.2 Å². The van der Waals surface area contributed by atoms with Gasteiger partial charge >= 0.3 is 0 Å². The summed E-state index contributed by atoms with van der Waals surface area (Å²) < 4.78 is 5.67.